The monoisotopic (exact) mass is 655 g/mol. The Morgan fingerprint density at radius 3 is 2.31 bits per heavy atom. The number of nitrogens with one attached hydrogen (secondary N) is 2. The number of nitrogens with zero attached hydrogens (tertiary/aromatic N) is 3. The van der Waals surface area contributed by atoms with Gasteiger partial charge in [-0.2, -0.15) is 0 Å². The zero-order valence-corrected chi connectivity index (χ0v) is 30.0. The van der Waals surface area contributed by atoms with Gasteiger partial charge in [0.2, 0.25) is 5.91 Å². The Morgan fingerprint density at radius 2 is 1.65 bits per heavy atom. The molecule has 1 atom stereocenters. The van der Waals surface area contributed by atoms with Crippen LogP contribution in [0.5, 0.6) is 0 Å². The summed E-state index contributed by atoms with van der Waals surface area (Å²) in [6.45, 7) is 21.5. The maximum Gasteiger partial charge on any atom is 0.222 e. The van der Waals surface area contributed by atoms with E-state index < -0.39 is 0 Å². The van der Waals surface area contributed by atoms with E-state index in [-0.39, 0.29) is 12.5 Å². The van der Waals surface area contributed by atoms with Gasteiger partial charge in [-0.15, -0.1) is 0 Å². The molecule has 0 aromatic carbocycles. The summed E-state index contributed by atoms with van der Waals surface area (Å²) in [5.74, 6) is 0.491. The summed E-state index contributed by atoms with van der Waals surface area (Å²) >= 11 is 0. The average Bonchev–Trinajstić information content (AvgIpc) is 3.79. The van der Waals surface area contributed by atoms with Crippen LogP contribution in [0, 0.1) is 20.8 Å². The Morgan fingerprint density at radius 1 is 0.958 bits per heavy atom. The maximum atomic E-state index is 11.1. The van der Waals surface area contributed by atoms with Gasteiger partial charge in [0.1, 0.15) is 0 Å². The van der Waals surface area contributed by atoms with E-state index in [0.717, 1.165) is 63.2 Å². The van der Waals surface area contributed by atoms with E-state index in [1.807, 2.05) is 13.0 Å². The first-order valence-corrected chi connectivity index (χ1v) is 17.1. The number of allylic oxidation sites excluding steroid dienone is 1. The van der Waals surface area contributed by atoms with E-state index in [1.54, 1.807) is 11.9 Å². The number of carbonyl (C=O) groups is 1. The molecular formula is C39H53N5O4. The molecule has 0 aliphatic carbocycles. The van der Waals surface area contributed by atoms with E-state index in [0.29, 0.717) is 45.3 Å². The van der Waals surface area contributed by atoms with Crippen LogP contribution in [-0.2, 0) is 27.1 Å². The summed E-state index contributed by atoms with van der Waals surface area (Å²) in [6, 6.07) is 6.63. The molecular weight excluding hydrogens is 602 g/mol. The van der Waals surface area contributed by atoms with Crippen molar-refractivity contribution in [2.75, 3.05) is 46.6 Å². The molecule has 0 fully saturated rings. The number of aliphatic hydroxyl groups excluding tert-OH is 1. The Kier molecular flexibility index (Phi) is 12.9. The van der Waals surface area contributed by atoms with Gasteiger partial charge >= 0.3 is 0 Å². The van der Waals surface area contributed by atoms with Gasteiger partial charge in [0.25, 0.3) is 0 Å². The van der Waals surface area contributed by atoms with Crippen LogP contribution < -0.4 is 0 Å². The second-order valence-corrected chi connectivity index (χ2v) is 12.6. The number of aryl methyl sites for hydroxylation is 3. The summed E-state index contributed by atoms with van der Waals surface area (Å²) in [6.07, 6.45) is 6.57. The predicted molar refractivity (Wildman–Crippen MR) is 197 cm³/mol. The molecule has 258 valence electrons. The van der Waals surface area contributed by atoms with Crippen LogP contribution >= 0.6 is 0 Å². The molecule has 0 saturated carbocycles. The number of hydrogen-bond acceptors (Lipinski definition) is 6. The summed E-state index contributed by atoms with van der Waals surface area (Å²) < 4.78 is 10.2. The topological polar surface area (TPSA) is 116 Å². The molecule has 1 unspecified atom stereocenters. The minimum Gasteiger partial charge on any atom is -0.394 e. The third kappa shape index (κ3) is 8.50. The molecule has 1 amide bonds. The highest BCUT2D eigenvalue weighted by molar-refractivity contribution is 5.86. The first kappa shape index (κ1) is 36.8. The first-order valence-electron chi connectivity index (χ1n) is 17.1. The van der Waals surface area contributed by atoms with E-state index in [4.69, 9.17) is 24.5 Å². The normalized spacial score (nSPS) is 13.9. The number of H-pyrrole nitrogens is 2. The number of rotatable bonds is 11. The lowest BCUT2D eigenvalue weighted by Crippen LogP contribution is -2.29. The molecule has 0 saturated heterocycles. The van der Waals surface area contributed by atoms with Crippen LogP contribution in [0.15, 0.2) is 24.8 Å². The number of hydrogen-bond donors (Lipinski definition) is 3. The minimum absolute atomic E-state index is 0.0355. The number of aliphatic hydroxyl groups is 1. The lowest BCUT2D eigenvalue weighted by atomic mass is 10.0. The number of aromatic amines is 2. The highest BCUT2D eigenvalue weighted by Gasteiger charge is 2.20. The van der Waals surface area contributed by atoms with Gasteiger partial charge in [0.05, 0.1) is 44.4 Å². The van der Waals surface area contributed by atoms with Gasteiger partial charge in [0, 0.05) is 64.9 Å². The Hall–Kier alpha value is -4.05. The molecule has 5 heterocycles. The van der Waals surface area contributed by atoms with Crippen LogP contribution in [-0.4, -0.2) is 82.5 Å². The largest absolute Gasteiger partial charge is 0.394 e. The second-order valence-electron chi connectivity index (χ2n) is 12.6. The van der Waals surface area contributed by atoms with Crippen molar-refractivity contribution in [1.82, 2.24) is 24.8 Å². The second kappa shape index (κ2) is 16.9. The molecule has 3 aromatic heterocycles. The number of amides is 1. The summed E-state index contributed by atoms with van der Waals surface area (Å²) in [5, 5.41) is 8.42. The summed E-state index contributed by atoms with van der Waals surface area (Å²) in [4.78, 5) is 30.2. The molecule has 48 heavy (non-hydrogen) atoms. The van der Waals surface area contributed by atoms with Crippen molar-refractivity contribution in [2.45, 2.75) is 73.6 Å². The molecule has 9 heteroatoms. The van der Waals surface area contributed by atoms with Crippen molar-refractivity contribution in [2.24, 2.45) is 0 Å². The molecule has 0 spiro atoms. The van der Waals surface area contributed by atoms with Crippen molar-refractivity contribution >= 4 is 45.7 Å². The van der Waals surface area contributed by atoms with Gasteiger partial charge in [-0.25, -0.2) is 4.98 Å². The van der Waals surface area contributed by atoms with E-state index in [1.165, 1.54) is 27.8 Å². The highest BCUT2D eigenvalue weighted by atomic mass is 16.5. The van der Waals surface area contributed by atoms with E-state index in [9.17, 15) is 4.79 Å². The number of fused-ring (bicyclic) bond motifs is 8. The fourth-order valence-corrected chi connectivity index (χ4v) is 6.12. The lowest BCUT2D eigenvalue weighted by molar-refractivity contribution is -0.130. The first-order chi connectivity index (χ1) is 23.0. The van der Waals surface area contributed by atoms with Gasteiger partial charge in [-0.05, 0) is 92.6 Å². The van der Waals surface area contributed by atoms with E-state index >= 15 is 0 Å². The van der Waals surface area contributed by atoms with Crippen LogP contribution in [0.1, 0.15) is 90.6 Å². The maximum absolute atomic E-state index is 11.1. The van der Waals surface area contributed by atoms with Crippen molar-refractivity contribution in [3.63, 3.8) is 0 Å². The van der Waals surface area contributed by atoms with Crippen molar-refractivity contribution in [1.29, 1.82) is 0 Å². The van der Waals surface area contributed by atoms with Crippen molar-refractivity contribution in [3.05, 3.63) is 75.4 Å². The smallest absolute Gasteiger partial charge is 0.222 e. The standard InChI is InChI=1S/C29H32N4.C10H21NO4/c1-8-20-18(6)27-14-29-21(9-2)17(5)26(32-29)12-22-15(3)10-24(30-22)19(7)25-11-16(4)23(31-25)13-28(20)33-27;1-3-10(13)11(2)4-6-14-8-9-15-7-5-12/h9,11-15,32-33H,2,8,10H2,1,3-7H3;12H,3-9H2,1-2H3. The predicted octanol–water partition coefficient (Wildman–Crippen LogP) is 7.23. The zero-order chi connectivity index (χ0) is 35.0. The fraction of sp³-hybridized carbons (Fsp3) is 0.462. The number of ether oxygens (including phenoxy) is 2. The minimum atomic E-state index is 0.0355. The third-order valence-electron chi connectivity index (χ3n) is 9.23. The molecule has 8 bridgehead atoms. The van der Waals surface area contributed by atoms with E-state index in [2.05, 4.69) is 82.4 Å². The van der Waals surface area contributed by atoms with Crippen molar-refractivity contribution in [3.8, 4) is 0 Å². The Bertz CT molecular complexity index is 1820. The number of likely N-dealkylation sites (N-methyl/N-ethyl adjacent to an activating group) is 1. The zero-order valence-electron chi connectivity index (χ0n) is 30.0. The van der Waals surface area contributed by atoms with Crippen LogP contribution in [0.2, 0.25) is 0 Å². The Balaban J connectivity index is 0.000000295. The molecule has 3 aromatic rings. The quantitative estimate of drug-likeness (QED) is 0.188. The molecule has 5 rings (SSSR count). The van der Waals surface area contributed by atoms with Crippen molar-refractivity contribution < 1.29 is 19.4 Å². The fourth-order valence-electron chi connectivity index (χ4n) is 6.12. The molecule has 2 aliphatic heterocycles. The van der Waals surface area contributed by atoms with Crippen LogP contribution in [0.4, 0.5) is 0 Å². The molecule has 9 nitrogen and oxygen atoms in total. The highest BCUT2D eigenvalue weighted by Crippen LogP contribution is 2.32. The number of aromatic nitrogens is 4. The SMILES string of the molecule is C=Cc1c(C)c2cc3nc(c(C)c4nc(cc5[nH]c(cc1[nH]2)c(C)c5CC)C(C)=C4)CC3C.CCC(=O)N(C)CCOCCOCCO. The van der Waals surface area contributed by atoms with Gasteiger partial charge in [0.15, 0.2) is 0 Å². The average molecular weight is 656 g/mol. The van der Waals surface area contributed by atoms with Crippen LogP contribution in [0.3, 0.4) is 0 Å². The third-order valence-corrected chi connectivity index (χ3v) is 9.23. The lowest BCUT2D eigenvalue weighted by Gasteiger charge is -2.15. The Labute approximate surface area is 285 Å². The molecule has 3 N–H and O–H groups in total. The van der Waals surface area contributed by atoms with Gasteiger partial charge < -0.3 is 29.4 Å². The number of carbonyl (C=O) groups excluding carboxylic acids is 1. The molecule has 2 aliphatic rings. The van der Waals surface area contributed by atoms with Gasteiger partial charge in [-0.1, -0.05) is 33.4 Å². The summed E-state index contributed by atoms with van der Waals surface area (Å²) in [5.41, 5.74) is 16.0. The van der Waals surface area contributed by atoms with Gasteiger partial charge in [-0.3, -0.25) is 9.78 Å². The molecule has 0 radical (unpaired) electrons. The summed E-state index contributed by atoms with van der Waals surface area (Å²) in [7, 11) is 1.76. The van der Waals surface area contributed by atoms with Crippen LogP contribution in [0.25, 0.3) is 39.8 Å².